The average molecular weight is 588 g/mol. The van der Waals surface area contributed by atoms with Crippen LogP contribution < -0.4 is 0 Å². The summed E-state index contributed by atoms with van der Waals surface area (Å²) in [6, 6.07) is 41.5. The van der Waals surface area contributed by atoms with Crippen LogP contribution in [0.4, 0.5) is 5.69 Å². The molecule has 7 rings (SSSR count). The molecule has 0 spiro atoms. The van der Waals surface area contributed by atoms with Gasteiger partial charge in [-0.05, 0) is 93.0 Å². The highest BCUT2D eigenvalue weighted by molar-refractivity contribution is 5.86. The van der Waals surface area contributed by atoms with Crippen molar-refractivity contribution in [1.82, 2.24) is 0 Å². The normalized spacial score (nSPS) is 15.4. The monoisotopic (exact) mass is 587 g/mol. The number of phenolic OH excluding ortho intramolecular Hbond substituents is 1. The maximum absolute atomic E-state index is 10.9. The van der Waals surface area contributed by atoms with Crippen molar-refractivity contribution in [1.29, 1.82) is 0 Å². The number of phenols is 1. The number of allylic oxidation sites excluding steroid dienone is 2. The minimum atomic E-state index is -0.136. The topological polar surface area (TPSA) is 32.6 Å². The number of hydrogen-bond acceptors (Lipinski definition) is 2. The van der Waals surface area contributed by atoms with Crippen LogP contribution >= 0.6 is 0 Å². The molecule has 45 heavy (non-hydrogen) atoms. The van der Waals surface area contributed by atoms with Gasteiger partial charge in [0, 0.05) is 23.1 Å². The molecule has 224 valence electrons. The van der Waals surface area contributed by atoms with E-state index in [2.05, 4.69) is 131 Å². The van der Waals surface area contributed by atoms with E-state index < -0.39 is 0 Å². The third-order valence-corrected chi connectivity index (χ3v) is 10.0. The number of rotatable bonds is 7. The quantitative estimate of drug-likeness (QED) is 0.189. The average Bonchev–Trinajstić information content (AvgIpc) is 3.64. The molecule has 2 nitrogen and oxygen atoms in total. The van der Waals surface area contributed by atoms with Gasteiger partial charge >= 0.3 is 0 Å². The molecule has 0 bridgehead atoms. The molecule has 0 saturated carbocycles. The first kappa shape index (κ1) is 29.0. The Hall–Kier alpha value is -4.69. The molecule has 0 saturated heterocycles. The minimum Gasteiger partial charge on any atom is -0.507 e. The van der Waals surface area contributed by atoms with Gasteiger partial charge in [0.25, 0.3) is 0 Å². The van der Waals surface area contributed by atoms with E-state index in [9.17, 15) is 5.11 Å². The molecule has 0 amide bonds. The molecule has 5 aromatic rings. The zero-order chi connectivity index (χ0) is 31.2. The Morgan fingerprint density at radius 1 is 0.711 bits per heavy atom. The number of para-hydroxylation sites is 1. The fourth-order valence-corrected chi connectivity index (χ4v) is 7.67. The van der Waals surface area contributed by atoms with E-state index >= 15 is 0 Å². The molecule has 0 aromatic heterocycles. The van der Waals surface area contributed by atoms with Gasteiger partial charge in [0.1, 0.15) is 5.75 Å². The summed E-state index contributed by atoms with van der Waals surface area (Å²) in [5.74, 6) is 0.588. The summed E-state index contributed by atoms with van der Waals surface area (Å²) in [5, 5.41) is 10.9. The molecule has 1 N–H and O–H groups in total. The summed E-state index contributed by atoms with van der Waals surface area (Å²) in [5.41, 5.74) is 13.6. The number of aliphatic imine (C=N–C) groups is 1. The van der Waals surface area contributed by atoms with E-state index in [4.69, 9.17) is 4.99 Å². The molecule has 0 radical (unpaired) electrons. The smallest absolute Gasteiger partial charge is 0.128 e. The molecule has 5 aromatic carbocycles. The zero-order valence-corrected chi connectivity index (χ0v) is 26.7. The molecule has 2 aliphatic rings. The minimum absolute atomic E-state index is 0.0955. The second kappa shape index (κ2) is 11.3. The summed E-state index contributed by atoms with van der Waals surface area (Å²) in [7, 11) is 0. The van der Waals surface area contributed by atoms with Crippen LogP contribution in [0.5, 0.6) is 5.75 Å². The molecule has 0 heterocycles. The molecule has 2 heteroatoms. The van der Waals surface area contributed by atoms with Crippen LogP contribution in [0.1, 0.15) is 79.0 Å². The van der Waals surface area contributed by atoms with Gasteiger partial charge in [-0.1, -0.05) is 131 Å². The fraction of sp³-hybridized carbons (Fsp3) is 0.233. The Morgan fingerprint density at radius 2 is 1.33 bits per heavy atom. The van der Waals surface area contributed by atoms with Crippen molar-refractivity contribution in [3.8, 4) is 16.9 Å². The second-order valence-electron chi connectivity index (χ2n) is 13.9. The van der Waals surface area contributed by atoms with Gasteiger partial charge < -0.3 is 5.11 Å². The molecular formula is C43H41NO. The van der Waals surface area contributed by atoms with E-state index in [-0.39, 0.29) is 16.7 Å². The number of benzene rings is 5. The van der Waals surface area contributed by atoms with Crippen molar-refractivity contribution in [3.05, 3.63) is 160 Å². The predicted octanol–water partition coefficient (Wildman–Crippen LogP) is 10.8. The van der Waals surface area contributed by atoms with Gasteiger partial charge in [-0.2, -0.15) is 0 Å². The van der Waals surface area contributed by atoms with Gasteiger partial charge in [-0.25, -0.2) is 0 Å². The van der Waals surface area contributed by atoms with Crippen LogP contribution in [0.15, 0.2) is 126 Å². The molecular weight excluding hydrogens is 546 g/mol. The molecule has 1 unspecified atom stereocenters. The van der Waals surface area contributed by atoms with Crippen LogP contribution in [0.2, 0.25) is 0 Å². The fourth-order valence-electron chi connectivity index (χ4n) is 7.67. The Labute approximate surface area is 267 Å². The first-order chi connectivity index (χ1) is 21.7. The number of nitrogens with zero attached hydrogens (tertiary/aromatic N) is 1. The Morgan fingerprint density at radius 3 is 2.00 bits per heavy atom. The van der Waals surface area contributed by atoms with Crippen molar-refractivity contribution in [3.63, 3.8) is 0 Å². The SMILES string of the molecule is CC(C)(C)c1cccc(C=Nc2ccc(CCC(C)(C3=CCc4ccccc43)C3c4ccccc4-c4ccccc43)cc2)c1O. The van der Waals surface area contributed by atoms with E-state index in [1.165, 1.54) is 44.5 Å². The van der Waals surface area contributed by atoms with Gasteiger partial charge in [-0.15, -0.1) is 0 Å². The summed E-state index contributed by atoms with van der Waals surface area (Å²) in [4.78, 5) is 4.72. The molecule has 2 aliphatic carbocycles. The van der Waals surface area contributed by atoms with Crippen molar-refractivity contribution in [2.75, 3.05) is 0 Å². The number of aryl methyl sites for hydroxylation is 1. The molecule has 0 aliphatic heterocycles. The number of fused-ring (bicyclic) bond motifs is 4. The summed E-state index contributed by atoms with van der Waals surface area (Å²) >= 11 is 0. The Bertz CT molecular complexity index is 1890. The lowest BCUT2D eigenvalue weighted by atomic mass is 9.63. The lowest BCUT2D eigenvalue weighted by Crippen LogP contribution is -2.28. The largest absolute Gasteiger partial charge is 0.507 e. The maximum atomic E-state index is 10.9. The first-order valence-corrected chi connectivity index (χ1v) is 16.2. The van der Waals surface area contributed by atoms with Crippen LogP contribution in [0.3, 0.4) is 0 Å². The maximum Gasteiger partial charge on any atom is 0.128 e. The summed E-state index contributed by atoms with van der Waals surface area (Å²) in [6.45, 7) is 8.83. The predicted molar refractivity (Wildman–Crippen MR) is 189 cm³/mol. The lowest BCUT2D eigenvalue weighted by molar-refractivity contribution is 0.364. The van der Waals surface area contributed by atoms with Crippen LogP contribution in [0.25, 0.3) is 16.7 Å². The second-order valence-corrected chi connectivity index (χ2v) is 13.9. The van der Waals surface area contributed by atoms with E-state index in [0.29, 0.717) is 5.75 Å². The lowest BCUT2D eigenvalue weighted by Gasteiger charge is -2.39. The van der Waals surface area contributed by atoms with E-state index in [1.807, 2.05) is 18.2 Å². The number of aromatic hydroxyl groups is 1. The van der Waals surface area contributed by atoms with Gasteiger partial charge in [0.15, 0.2) is 0 Å². The molecule has 0 fully saturated rings. The molecule has 1 atom stereocenters. The third-order valence-electron chi connectivity index (χ3n) is 10.0. The third kappa shape index (κ3) is 5.23. The van der Waals surface area contributed by atoms with Crippen molar-refractivity contribution < 1.29 is 5.11 Å². The van der Waals surface area contributed by atoms with Gasteiger partial charge in [0.2, 0.25) is 0 Å². The summed E-state index contributed by atoms with van der Waals surface area (Å²) < 4.78 is 0. The summed E-state index contributed by atoms with van der Waals surface area (Å²) in [6.07, 6.45) is 7.26. The van der Waals surface area contributed by atoms with Crippen LogP contribution in [-0.4, -0.2) is 11.3 Å². The van der Waals surface area contributed by atoms with E-state index in [0.717, 1.165) is 36.1 Å². The van der Waals surface area contributed by atoms with Crippen molar-refractivity contribution in [2.45, 2.75) is 58.3 Å². The Kier molecular flexibility index (Phi) is 7.32. The van der Waals surface area contributed by atoms with Gasteiger partial charge in [-0.3, -0.25) is 4.99 Å². The standard InChI is InChI=1S/C43H41NO/c1-42(2,3)39-19-11-13-31(41(39)45)28-44-32-23-20-29(21-24-32)26-27-43(4,38-25-22-30-12-5-6-14-33(30)38)40-36-17-9-7-15-34(36)35-16-8-10-18-37(35)40/h5-21,23-25,28,40,45H,22,26-27H2,1-4H3. The van der Waals surface area contributed by atoms with Crippen molar-refractivity contribution in [2.24, 2.45) is 10.4 Å². The number of hydrogen-bond donors (Lipinski definition) is 1. The van der Waals surface area contributed by atoms with Crippen molar-refractivity contribution >= 4 is 17.5 Å². The van der Waals surface area contributed by atoms with E-state index in [1.54, 1.807) is 6.21 Å². The highest BCUT2D eigenvalue weighted by Crippen LogP contribution is 2.60. The highest BCUT2D eigenvalue weighted by atomic mass is 16.3. The first-order valence-electron chi connectivity index (χ1n) is 16.2. The highest BCUT2D eigenvalue weighted by Gasteiger charge is 2.45. The van der Waals surface area contributed by atoms with Gasteiger partial charge in [0.05, 0.1) is 5.69 Å². The zero-order valence-electron chi connectivity index (χ0n) is 26.7. The van der Waals surface area contributed by atoms with Crippen LogP contribution in [-0.2, 0) is 18.3 Å². The Balaban J connectivity index is 1.19. The van der Waals surface area contributed by atoms with Crippen LogP contribution in [0, 0.1) is 5.41 Å².